The van der Waals surface area contributed by atoms with Gasteiger partial charge in [-0.15, -0.1) is 11.8 Å². The van der Waals surface area contributed by atoms with Crippen LogP contribution in [-0.4, -0.2) is 24.3 Å². The van der Waals surface area contributed by atoms with E-state index < -0.39 is 6.09 Å². The van der Waals surface area contributed by atoms with Crippen LogP contribution < -0.4 is 5.73 Å². The van der Waals surface area contributed by atoms with Crippen molar-refractivity contribution in [3.05, 3.63) is 22.3 Å². The van der Waals surface area contributed by atoms with Crippen LogP contribution in [0.2, 0.25) is 0 Å². The molecule has 0 heterocycles. The molecule has 0 saturated heterocycles. The van der Waals surface area contributed by atoms with Crippen LogP contribution >= 0.6 is 0 Å². The number of ether oxygens (including phenoxy) is 1. The van der Waals surface area contributed by atoms with Crippen LogP contribution in [0.15, 0.2) is 22.3 Å². The summed E-state index contributed by atoms with van der Waals surface area (Å²) in [7, 11) is 0. The van der Waals surface area contributed by atoms with E-state index in [0.29, 0.717) is 35.1 Å². The number of carbonyl (C=O) groups is 3. The van der Waals surface area contributed by atoms with E-state index in [-0.39, 0.29) is 18.2 Å². The minimum absolute atomic E-state index is 0.00817. The number of carbonyl (C=O) groups excluding carboxylic acids is 3. The first kappa shape index (κ1) is 22.3. The fourth-order valence-electron chi connectivity index (χ4n) is 2.66. The van der Waals surface area contributed by atoms with Gasteiger partial charge >= 0.3 is 6.09 Å². The number of ketones is 2. The highest BCUT2D eigenvalue weighted by molar-refractivity contribution is 6.24. The maximum atomic E-state index is 12.3. The summed E-state index contributed by atoms with van der Waals surface area (Å²) in [6.07, 6.45) is 4.67. The summed E-state index contributed by atoms with van der Waals surface area (Å²) in [6, 6.07) is 0. The van der Waals surface area contributed by atoms with E-state index in [1.807, 2.05) is 0 Å². The number of primary amides is 1. The fraction of sp³-hybridized carbons (Fsp3) is 0.500. The molecule has 27 heavy (non-hydrogen) atoms. The number of unbranched alkanes of at least 4 members (excludes halogenated alkanes) is 4. The molecule has 0 bridgehead atoms. The van der Waals surface area contributed by atoms with E-state index in [1.165, 1.54) is 0 Å². The molecule has 0 atom stereocenters. The van der Waals surface area contributed by atoms with E-state index in [0.717, 1.165) is 32.1 Å². The highest BCUT2D eigenvalue weighted by atomic mass is 16.5. The molecule has 0 aromatic rings. The van der Waals surface area contributed by atoms with E-state index in [2.05, 4.69) is 28.4 Å². The zero-order chi connectivity index (χ0) is 20.2. The van der Waals surface area contributed by atoms with Crippen LogP contribution in [0.4, 0.5) is 4.79 Å². The molecule has 0 aliphatic heterocycles. The van der Waals surface area contributed by atoms with Gasteiger partial charge in [0.2, 0.25) is 0 Å². The topological polar surface area (TPSA) is 86.5 Å². The summed E-state index contributed by atoms with van der Waals surface area (Å²) in [5.41, 5.74) is 7.21. The van der Waals surface area contributed by atoms with Gasteiger partial charge in [0.1, 0.15) is 0 Å². The van der Waals surface area contributed by atoms with Gasteiger partial charge in [-0.2, -0.15) is 0 Å². The molecule has 0 unspecified atom stereocenters. The van der Waals surface area contributed by atoms with Gasteiger partial charge in [0.05, 0.1) is 0 Å². The summed E-state index contributed by atoms with van der Waals surface area (Å²) in [6.45, 7) is 5.21. The third-order valence-electron chi connectivity index (χ3n) is 4.43. The summed E-state index contributed by atoms with van der Waals surface area (Å²) in [5.74, 6) is 11.8. The van der Waals surface area contributed by atoms with Crippen LogP contribution in [0, 0.1) is 23.7 Å². The Morgan fingerprint density at radius 3 is 2.00 bits per heavy atom. The lowest BCUT2D eigenvalue weighted by Gasteiger charge is -2.18. The van der Waals surface area contributed by atoms with E-state index in [4.69, 9.17) is 5.73 Å². The monoisotopic (exact) mass is 369 g/mol. The average molecular weight is 369 g/mol. The second-order valence-electron chi connectivity index (χ2n) is 6.39. The molecule has 1 aliphatic rings. The molecular formula is C22H27NO4. The Balaban J connectivity index is 2.21. The molecule has 1 amide bonds. The molecule has 144 valence electrons. The maximum absolute atomic E-state index is 12.3. The second-order valence-corrected chi connectivity index (χ2v) is 6.39. The Morgan fingerprint density at radius 1 is 0.815 bits per heavy atom. The van der Waals surface area contributed by atoms with E-state index in [1.54, 1.807) is 20.8 Å². The smallest absolute Gasteiger partial charge is 0.405 e. The number of nitrogens with two attached hydrogens (primary N) is 1. The van der Waals surface area contributed by atoms with Crippen molar-refractivity contribution < 1.29 is 19.1 Å². The molecule has 0 aromatic carbocycles. The van der Waals surface area contributed by atoms with Gasteiger partial charge in [-0.25, -0.2) is 4.79 Å². The highest BCUT2D eigenvalue weighted by Gasteiger charge is 2.26. The molecule has 0 aromatic heterocycles. The number of hydrogen-bond acceptors (Lipinski definition) is 4. The summed E-state index contributed by atoms with van der Waals surface area (Å²) >= 11 is 0. The quantitative estimate of drug-likeness (QED) is 0.422. The molecular weight excluding hydrogens is 342 g/mol. The van der Waals surface area contributed by atoms with Gasteiger partial charge in [0, 0.05) is 41.6 Å². The van der Waals surface area contributed by atoms with Gasteiger partial charge in [0.25, 0.3) is 0 Å². The maximum Gasteiger partial charge on any atom is 0.405 e. The Kier molecular flexibility index (Phi) is 9.69. The molecule has 1 aliphatic carbocycles. The molecule has 0 radical (unpaired) electrons. The predicted octanol–water partition coefficient (Wildman–Crippen LogP) is 3.62. The van der Waals surface area contributed by atoms with Crippen molar-refractivity contribution in [3.63, 3.8) is 0 Å². The van der Waals surface area contributed by atoms with Crippen molar-refractivity contribution >= 4 is 17.7 Å². The number of Topliss-reactive ketones (excluding diaryl/α,β-unsaturated/α-hetero) is 2. The first-order chi connectivity index (χ1) is 12.9. The van der Waals surface area contributed by atoms with Gasteiger partial charge < -0.3 is 10.5 Å². The Labute approximate surface area is 161 Å². The van der Waals surface area contributed by atoms with Crippen LogP contribution in [0.1, 0.15) is 65.7 Å². The predicted molar refractivity (Wildman–Crippen MR) is 104 cm³/mol. The Bertz CT molecular complexity index is 779. The standard InChI is InChI=1S/C22H27NO4/c1-16-17(2)21(25)19(18(3)20(16)24)14-12-10-8-6-4-5-7-9-11-13-15-27-22(23)26/h5,7-10,12,14-15H2,1-3H3,(H2,23,26). The lowest BCUT2D eigenvalue weighted by atomic mass is 9.84. The first-order valence-corrected chi connectivity index (χ1v) is 9.16. The van der Waals surface area contributed by atoms with E-state index in [9.17, 15) is 14.4 Å². The Hall–Kier alpha value is -2.79. The van der Waals surface area contributed by atoms with Crippen molar-refractivity contribution in [2.75, 3.05) is 6.61 Å². The van der Waals surface area contributed by atoms with Gasteiger partial charge in [-0.05, 0) is 46.5 Å². The first-order valence-electron chi connectivity index (χ1n) is 9.16. The van der Waals surface area contributed by atoms with Gasteiger partial charge in [-0.3, -0.25) is 9.59 Å². The molecule has 0 spiro atoms. The van der Waals surface area contributed by atoms with Crippen molar-refractivity contribution in [3.8, 4) is 23.7 Å². The van der Waals surface area contributed by atoms with Crippen molar-refractivity contribution in [2.45, 2.75) is 65.7 Å². The van der Waals surface area contributed by atoms with Crippen LogP contribution in [0.3, 0.4) is 0 Å². The van der Waals surface area contributed by atoms with Crippen LogP contribution in [-0.2, 0) is 14.3 Å². The van der Waals surface area contributed by atoms with Gasteiger partial charge in [-0.1, -0.05) is 11.8 Å². The molecule has 0 fully saturated rings. The van der Waals surface area contributed by atoms with E-state index >= 15 is 0 Å². The zero-order valence-electron chi connectivity index (χ0n) is 16.4. The zero-order valence-corrected chi connectivity index (χ0v) is 16.4. The highest BCUT2D eigenvalue weighted by Crippen LogP contribution is 2.27. The number of amides is 1. The molecule has 2 N–H and O–H groups in total. The van der Waals surface area contributed by atoms with Crippen LogP contribution in [0.25, 0.3) is 0 Å². The van der Waals surface area contributed by atoms with Crippen LogP contribution in [0.5, 0.6) is 0 Å². The Morgan fingerprint density at radius 2 is 1.37 bits per heavy atom. The largest absolute Gasteiger partial charge is 0.437 e. The number of allylic oxidation sites excluding steroid dienone is 4. The molecule has 0 saturated carbocycles. The third-order valence-corrected chi connectivity index (χ3v) is 4.43. The third kappa shape index (κ3) is 7.54. The number of rotatable bonds is 7. The lowest BCUT2D eigenvalue weighted by molar-refractivity contribution is -0.116. The minimum atomic E-state index is -0.817. The van der Waals surface area contributed by atoms with Crippen molar-refractivity contribution in [1.29, 1.82) is 0 Å². The van der Waals surface area contributed by atoms with Crippen molar-refractivity contribution in [2.24, 2.45) is 5.73 Å². The molecule has 5 heteroatoms. The number of hydrogen-bond donors (Lipinski definition) is 1. The molecule has 1 rings (SSSR count). The summed E-state index contributed by atoms with van der Waals surface area (Å²) in [4.78, 5) is 34.8. The van der Waals surface area contributed by atoms with Gasteiger partial charge in [0.15, 0.2) is 18.2 Å². The second kappa shape index (κ2) is 11.8. The average Bonchev–Trinajstić information content (AvgIpc) is 2.64. The molecule has 5 nitrogen and oxygen atoms in total. The SMILES string of the molecule is CC1=C(C)C(=O)C(CCCCC#CCCCC#CCOC(N)=O)=C(C)C1=O. The lowest BCUT2D eigenvalue weighted by Crippen LogP contribution is -2.20. The minimum Gasteiger partial charge on any atom is -0.437 e. The summed E-state index contributed by atoms with van der Waals surface area (Å²) < 4.78 is 4.49. The fourth-order valence-corrected chi connectivity index (χ4v) is 2.66. The summed E-state index contributed by atoms with van der Waals surface area (Å²) in [5, 5.41) is 0. The van der Waals surface area contributed by atoms with Crippen molar-refractivity contribution in [1.82, 2.24) is 0 Å². The normalized spacial score (nSPS) is 13.7.